The lowest BCUT2D eigenvalue weighted by molar-refractivity contribution is 0.673. The molecule has 350 valence electrons. The van der Waals surface area contributed by atoms with Crippen LogP contribution in [0.3, 0.4) is 0 Å². The molecule has 0 saturated carbocycles. The lowest BCUT2D eigenvalue weighted by Crippen LogP contribution is -2.56. The van der Waals surface area contributed by atoms with Gasteiger partial charge in [-0.05, 0) is 142 Å². The van der Waals surface area contributed by atoms with Gasteiger partial charge < -0.3 is 13.8 Å². The highest BCUT2D eigenvalue weighted by Gasteiger charge is 2.45. The standard InChI is InChI=1S/C72H43BN2O/c1-5-21-44(22-6-1)49-37-50(45-23-7-2-8-24-45)39-51(38-49)74-63-43-58-57(66(46-25-9-3-10-26-46)54-32-15-16-33-55(54)67(58)47-27-11-4-12-28-47)42-61(63)73-70-64(74)40-48-29-13-14-30-52(48)68(70)60-41-59-53-31-18-20-36-65(53)76-72(59)69-56-34-17-19-35-62(56)75(73)71(60)69/h1-43H. The number of hydrogen-bond acceptors (Lipinski definition) is 2. The van der Waals surface area contributed by atoms with Crippen LogP contribution < -0.4 is 15.8 Å². The van der Waals surface area contributed by atoms with Crippen LogP contribution in [0.4, 0.5) is 17.1 Å². The fourth-order valence-corrected chi connectivity index (χ4v) is 13.6. The van der Waals surface area contributed by atoms with Crippen molar-refractivity contribution in [1.82, 2.24) is 4.48 Å². The van der Waals surface area contributed by atoms with Crippen molar-refractivity contribution in [1.29, 1.82) is 0 Å². The topological polar surface area (TPSA) is 21.3 Å². The molecule has 4 heteroatoms. The van der Waals surface area contributed by atoms with Gasteiger partial charge >= 0.3 is 6.85 Å². The molecule has 0 amide bonds. The van der Waals surface area contributed by atoms with Gasteiger partial charge in [0.05, 0.1) is 5.39 Å². The Labute approximate surface area is 438 Å². The lowest BCUT2D eigenvalue weighted by Gasteiger charge is -2.41. The molecule has 15 aromatic rings. The zero-order valence-electron chi connectivity index (χ0n) is 41.2. The van der Waals surface area contributed by atoms with Crippen LogP contribution in [0.25, 0.3) is 132 Å². The molecule has 2 aliphatic rings. The first-order valence-electron chi connectivity index (χ1n) is 26.4. The number of furan rings is 1. The largest absolute Gasteiger partial charge is 0.455 e. The Kier molecular flexibility index (Phi) is 8.64. The number of nitrogens with zero attached hydrogens (tertiary/aromatic N) is 2. The molecule has 0 spiro atoms. The van der Waals surface area contributed by atoms with Crippen LogP contribution >= 0.6 is 0 Å². The fraction of sp³-hybridized carbons (Fsp3) is 0. The Hall–Kier alpha value is -9.90. The number of aromatic nitrogens is 1. The van der Waals surface area contributed by atoms with Crippen LogP contribution in [-0.4, -0.2) is 11.3 Å². The molecule has 0 N–H and O–H groups in total. The number of hydrogen-bond donors (Lipinski definition) is 0. The molecule has 0 aliphatic carbocycles. The van der Waals surface area contributed by atoms with E-state index in [-0.39, 0.29) is 6.85 Å². The Balaban J connectivity index is 1.10. The van der Waals surface area contributed by atoms with Crippen molar-refractivity contribution in [3.63, 3.8) is 0 Å². The fourth-order valence-electron chi connectivity index (χ4n) is 13.6. The van der Waals surface area contributed by atoms with E-state index < -0.39 is 0 Å². The minimum absolute atomic E-state index is 0.219. The van der Waals surface area contributed by atoms with Gasteiger partial charge in [0.25, 0.3) is 0 Å². The number of para-hydroxylation sites is 2. The maximum absolute atomic E-state index is 7.03. The van der Waals surface area contributed by atoms with Crippen LogP contribution in [0.5, 0.6) is 0 Å². The summed E-state index contributed by atoms with van der Waals surface area (Å²) in [5.41, 5.74) is 22.2. The van der Waals surface area contributed by atoms with E-state index in [1.807, 2.05) is 0 Å². The van der Waals surface area contributed by atoms with Gasteiger partial charge in [-0.3, -0.25) is 0 Å². The molecule has 76 heavy (non-hydrogen) atoms. The molecule has 0 saturated heterocycles. The first-order valence-corrected chi connectivity index (χ1v) is 26.4. The second-order valence-electron chi connectivity index (χ2n) is 20.6. The Morgan fingerprint density at radius 1 is 0.342 bits per heavy atom. The monoisotopic (exact) mass is 962 g/mol. The molecular weight excluding hydrogens is 920 g/mol. The molecule has 2 aromatic heterocycles. The smallest absolute Gasteiger partial charge is 0.333 e. The summed E-state index contributed by atoms with van der Waals surface area (Å²) in [5, 5.41) is 12.0. The minimum Gasteiger partial charge on any atom is -0.455 e. The molecule has 0 fully saturated rings. The maximum atomic E-state index is 7.03. The van der Waals surface area contributed by atoms with Crippen molar-refractivity contribution in [2.24, 2.45) is 0 Å². The molecule has 3 nitrogen and oxygen atoms in total. The van der Waals surface area contributed by atoms with Crippen LogP contribution in [-0.2, 0) is 0 Å². The van der Waals surface area contributed by atoms with Crippen molar-refractivity contribution >= 4 is 111 Å². The van der Waals surface area contributed by atoms with Gasteiger partial charge in [-0.15, -0.1) is 0 Å². The molecular formula is C72H43BN2O. The zero-order chi connectivity index (χ0) is 49.6. The molecule has 0 atom stereocenters. The number of benzene rings is 13. The zero-order valence-corrected chi connectivity index (χ0v) is 41.2. The van der Waals surface area contributed by atoms with E-state index >= 15 is 0 Å². The quantitative estimate of drug-likeness (QED) is 0.127. The first kappa shape index (κ1) is 41.6. The van der Waals surface area contributed by atoms with E-state index in [2.05, 4.69) is 270 Å². The van der Waals surface area contributed by atoms with E-state index in [0.29, 0.717) is 0 Å². The third kappa shape index (κ3) is 5.78. The highest BCUT2D eigenvalue weighted by molar-refractivity contribution is 6.90. The van der Waals surface area contributed by atoms with E-state index in [1.165, 1.54) is 110 Å². The second-order valence-corrected chi connectivity index (χ2v) is 20.6. The van der Waals surface area contributed by atoms with E-state index in [4.69, 9.17) is 4.42 Å². The molecule has 0 bridgehead atoms. The summed E-state index contributed by atoms with van der Waals surface area (Å²) < 4.78 is 9.72. The third-order valence-corrected chi connectivity index (χ3v) is 16.6. The van der Waals surface area contributed by atoms with Gasteiger partial charge in [0.1, 0.15) is 11.2 Å². The summed E-state index contributed by atoms with van der Waals surface area (Å²) in [6, 6.07) is 96.9. The van der Waals surface area contributed by atoms with Gasteiger partial charge in [0.15, 0.2) is 0 Å². The van der Waals surface area contributed by atoms with Crippen molar-refractivity contribution in [3.05, 3.63) is 261 Å². The normalized spacial score (nSPS) is 12.7. The van der Waals surface area contributed by atoms with Gasteiger partial charge in [-0.2, -0.15) is 0 Å². The molecule has 4 heterocycles. The minimum atomic E-state index is -0.219. The first-order chi connectivity index (χ1) is 37.7. The SMILES string of the molecule is c1ccc(-c2cc(-c3ccccc3)cc(N3c4cc5c(-c6ccccc6)c6ccccc6c(-c6ccccc6)c5cc4B4c5c3cc3ccccc3c5-c3cc5c6ccccc6oc5c5c6ccccc6n4c35)c2)cc1. The summed E-state index contributed by atoms with van der Waals surface area (Å²) in [4.78, 5) is 2.63. The molecule has 17 rings (SSSR count). The van der Waals surface area contributed by atoms with E-state index in [0.717, 1.165) is 49.8 Å². The number of anilines is 3. The average molecular weight is 963 g/mol. The van der Waals surface area contributed by atoms with E-state index in [1.54, 1.807) is 0 Å². The predicted molar refractivity (Wildman–Crippen MR) is 322 cm³/mol. The molecule has 2 aliphatic heterocycles. The molecule has 0 unspecified atom stereocenters. The number of rotatable bonds is 5. The summed E-state index contributed by atoms with van der Waals surface area (Å²) in [5.74, 6) is 0. The van der Waals surface area contributed by atoms with Crippen molar-refractivity contribution in [3.8, 4) is 55.6 Å². The highest BCUT2D eigenvalue weighted by atomic mass is 16.3. The third-order valence-electron chi connectivity index (χ3n) is 16.6. The Bertz CT molecular complexity index is 4870. The average Bonchev–Trinajstić information content (AvgIpc) is 4.03. The summed E-state index contributed by atoms with van der Waals surface area (Å²) in [6.07, 6.45) is 0. The predicted octanol–water partition coefficient (Wildman–Crippen LogP) is 18.2. The van der Waals surface area contributed by atoms with Crippen LogP contribution in [0.2, 0.25) is 0 Å². The van der Waals surface area contributed by atoms with Crippen molar-refractivity contribution in [2.45, 2.75) is 0 Å². The maximum Gasteiger partial charge on any atom is 0.333 e. The summed E-state index contributed by atoms with van der Waals surface area (Å²) in [6.45, 7) is -0.219. The van der Waals surface area contributed by atoms with Crippen LogP contribution in [0.1, 0.15) is 0 Å². The van der Waals surface area contributed by atoms with Crippen molar-refractivity contribution < 1.29 is 4.42 Å². The number of fused-ring (bicyclic) bond motifs is 15. The van der Waals surface area contributed by atoms with E-state index in [9.17, 15) is 0 Å². The second kappa shape index (κ2) is 15.8. The molecule has 0 radical (unpaired) electrons. The van der Waals surface area contributed by atoms with Crippen LogP contribution in [0.15, 0.2) is 265 Å². The van der Waals surface area contributed by atoms with Gasteiger partial charge in [0, 0.05) is 49.8 Å². The van der Waals surface area contributed by atoms with Gasteiger partial charge in [0.2, 0.25) is 0 Å². The lowest BCUT2D eigenvalue weighted by atomic mass is 9.44. The van der Waals surface area contributed by atoms with Gasteiger partial charge in [-0.1, -0.05) is 212 Å². The molecule has 13 aromatic carbocycles. The van der Waals surface area contributed by atoms with Crippen LogP contribution in [0, 0.1) is 0 Å². The van der Waals surface area contributed by atoms with Crippen molar-refractivity contribution in [2.75, 3.05) is 4.90 Å². The highest BCUT2D eigenvalue weighted by Crippen LogP contribution is 2.53. The summed E-state index contributed by atoms with van der Waals surface area (Å²) in [7, 11) is 0. The summed E-state index contributed by atoms with van der Waals surface area (Å²) >= 11 is 0. The Morgan fingerprint density at radius 3 is 1.51 bits per heavy atom. The Morgan fingerprint density at radius 2 is 0.868 bits per heavy atom. The van der Waals surface area contributed by atoms with Gasteiger partial charge in [-0.25, -0.2) is 0 Å².